The summed E-state index contributed by atoms with van der Waals surface area (Å²) in [6.45, 7) is 0.543. The number of ether oxygens (including phenoxy) is 1. The third-order valence-electron chi connectivity index (χ3n) is 0.221. The van der Waals surface area contributed by atoms with Gasteiger partial charge in [-0.2, -0.15) is 0 Å². The second-order valence-electron chi connectivity index (χ2n) is 0.597. The molecule has 0 amide bonds. The molecule has 0 unspecified atom stereocenters. The molecule has 0 aliphatic heterocycles. The van der Waals surface area contributed by atoms with Gasteiger partial charge in [-0.3, -0.25) is 0 Å². The van der Waals surface area contributed by atoms with Gasteiger partial charge in [0.15, 0.2) is 0 Å². The molecule has 37 valence electrons. The van der Waals surface area contributed by atoms with Gasteiger partial charge in [-0.15, -0.1) is 11.6 Å². The molecule has 0 heterocycles. The fourth-order valence-corrected chi connectivity index (χ4v) is 0.164. The SMILES string of the molecule is [CH2]OCCCl.[GaH3]. The van der Waals surface area contributed by atoms with Crippen molar-refractivity contribution in [3.63, 3.8) is 0 Å². The molecule has 0 saturated heterocycles. The van der Waals surface area contributed by atoms with Crippen LogP contribution < -0.4 is 0 Å². The van der Waals surface area contributed by atoms with Gasteiger partial charge in [0.25, 0.3) is 0 Å². The minimum absolute atomic E-state index is 0. The predicted molar refractivity (Wildman–Crippen MR) is 32.0 cm³/mol. The van der Waals surface area contributed by atoms with Gasteiger partial charge in [-0.1, -0.05) is 0 Å². The van der Waals surface area contributed by atoms with E-state index in [-0.39, 0.29) is 19.8 Å². The van der Waals surface area contributed by atoms with Gasteiger partial charge >= 0.3 is 19.8 Å². The third kappa shape index (κ3) is 8.86. The van der Waals surface area contributed by atoms with E-state index in [9.17, 15) is 0 Å². The Kier molecular flexibility index (Phi) is 15.5. The van der Waals surface area contributed by atoms with Crippen molar-refractivity contribution >= 4 is 31.4 Å². The molecule has 0 atom stereocenters. The van der Waals surface area contributed by atoms with Crippen molar-refractivity contribution in [1.29, 1.82) is 0 Å². The zero-order chi connectivity index (χ0) is 4.12. The van der Waals surface area contributed by atoms with Gasteiger partial charge in [-0.25, -0.2) is 0 Å². The second kappa shape index (κ2) is 9.31. The van der Waals surface area contributed by atoms with Gasteiger partial charge in [0, 0.05) is 5.88 Å². The van der Waals surface area contributed by atoms with Gasteiger partial charge in [0.1, 0.15) is 0 Å². The molecule has 0 fully saturated rings. The standard InChI is InChI=1S/C3H6ClO.Ga.3H/c1-5-3-2-4;;;;/h1-3H2;;;;. The molecule has 0 saturated carbocycles. The van der Waals surface area contributed by atoms with Gasteiger partial charge in [0.2, 0.25) is 0 Å². The van der Waals surface area contributed by atoms with Gasteiger partial charge < -0.3 is 4.74 Å². The van der Waals surface area contributed by atoms with Gasteiger partial charge in [-0.05, 0) is 0 Å². The Balaban J connectivity index is 0. The summed E-state index contributed by atoms with van der Waals surface area (Å²) in [6.07, 6.45) is 0. The maximum atomic E-state index is 5.14. The molecule has 0 rings (SSSR count). The molecular formula is C3H9ClGaO. The first-order valence-corrected chi connectivity index (χ1v) is 1.88. The molecule has 0 bridgehead atoms. The van der Waals surface area contributed by atoms with E-state index in [1.54, 1.807) is 0 Å². The number of hydrogen-bond acceptors (Lipinski definition) is 1. The maximum absolute atomic E-state index is 5.14. The van der Waals surface area contributed by atoms with Crippen LogP contribution in [-0.2, 0) is 4.74 Å². The summed E-state index contributed by atoms with van der Waals surface area (Å²) in [4.78, 5) is 0. The van der Waals surface area contributed by atoms with E-state index in [1.165, 1.54) is 0 Å². The number of hydrogen-bond donors (Lipinski definition) is 0. The topological polar surface area (TPSA) is 9.23 Å². The van der Waals surface area contributed by atoms with Gasteiger partial charge in [0.05, 0.1) is 13.7 Å². The Morgan fingerprint density at radius 1 is 1.67 bits per heavy atom. The molecule has 6 heavy (non-hydrogen) atoms. The summed E-state index contributed by atoms with van der Waals surface area (Å²) in [7, 11) is 3.09. The van der Waals surface area contributed by atoms with Crippen LogP contribution in [0.4, 0.5) is 0 Å². The predicted octanol–water partition coefficient (Wildman–Crippen LogP) is -0.151. The van der Waals surface area contributed by atoms with E-state index in [0.29, 0.717) is 12.5 Å². The number of alkyl halides is 1. The number of rotatable bonds is 2. The van der Waals surface area contributed by atoms with E-state index in [0.717, 1.165) is 0 Å². The van der Waals surface area contributed by atoms with Crippen molar-refractivity contribution in [1.82, 2.24) is 0 Å². The van der Waals surface area contributed by atoms with Crippen molar-refractivity contribution in [2.75, 3.05) is 12.5 Å². The van der Waals surface area contributed by atoms with Crippen LogP contribution >= 0.6 is 11.6 Å². The average molecular weight is 166 g/mol. The van der Waals surface area contributed by atoms with Crippen LogP contribution in [0, 0.1) is 7.11 Å². The molecule has 0 N–H and O–H groups in total. The molecule has 0 aliphatic rings. The first-order chi connectivity index (χ1) is 2.41. The Morgan fingerprint density at radius 2 is 2.17 bits per heavy atom. The van der Waals surface area contributed by atoms with Crippen LogP contribution in [0.3, 0.4) is 0 Å². The third-order valence-corrected chi connectivity index (χ3v) is 0.376. The Labute approximate surface area is 56.1 Å². The van der Waals surface area contributed by atoms with Crippen LogP contribution in [0.2, 0.25) is 0 Å². The fraction of sp³-hybridized carbons (Fsp3) is 0.667. The van der Waals surface area contributed by atoms with Crippen molar-refractivity contribution in [2.24, 2.45) is 0 Å². The van der Waals surface area contributed by atoms with Crippen LogP contribution in [0.25, 0.3) is 0 Å². The van der Waals surface area contributed by atoms with Crippen molar-refractivity contribution in [2.45, 2.75) is 0 Å². The zero-order valence-electron chi connectivity index (χ0n) is 2.91. The Bertz CT molecular complexity index is 18.3. The zero-order valence-corrected chi connectivity index (χ0v) is 3.66. The first-order valence-electron chi connectivity index (χ1n) is 1.34. The molecule has 3 heteroatoms. The summed E-state index contributed by atoms with van der Waals surface area (Å²) in [5, 5.41) is 0. The van der Waals surface area contributed by atoms with Crippen LogP contribution in [0.15, 0.2) is 0 Å². The summed E-state index contributed by atoms with van der Waals surface area (Å²) in [6, 6.07) is 0. The molecule has 1 radical (unpaired) electrons. The van der Waals surface area contributed by atoms with Crippen LogP contribution in [0.1, 0.15) is 0 Å². The van der Waals surface area contributed by atoms with Crippen LogP contribution in [0.5, 0.6) is 0 Å². The van der Waals surface area contributed by atoms with E-state index in [1.807, 2.05) is 0 Å². The minimum atomic E-state index is 0. The molecule has 0 aromatic heterocycles. The summed E-state index contributed by atoms with van der Waals surface area (Å²) in [5.74, 6) is 0.531. The van der Waals surface area contributed by atoms with Crippen LogP contribution in [-0.4, -0.2) is 32.3 Å². The summed E-state index contributed by atoms with van der Waals surface area (Å²) in [5.41, 5.74) is 0. The van der Waals surface area contributed by atoms with E-state index < -0.39 is 0 Å². The average Bonchev–Trinajstić information content (AvgIpc) is 1.41. The second-order valence-corrected chi connectivity index (χ2v) is 0.975. The molecular weight excluding hydrogens is 157 g/mol. The normalized spacial score (nSPS) is 7.00. The Morgan fingerprint density at radius 3 is 2.17 bits per heavy atom. The van der Waals surface area contributed by atoms with E-state index in [4.69, 9.17) is 11.6 Å². The quantitative estimate of drug-likeness (QED) is 0.409. The molecule has 0 aromatic rings. The summed E-state index contributed by atoms with van der Waals surface area (Å²) < 4.78 is 4.31. The monoisotopic (exact) mass is 165 g/mol. The van der Waals surface area contributed by atoms with Crippen molar-refractivity contribution in [3.05, 3.63) is 7.11 Å². The molecule has 1 nitrogen and oxygen atoms in total. The first kappa shape index (κ1) is 9.99. The summed E-state index contributed by atoms with van der Waals surface area (Å²) >= 11 is 5.14. The molecule has 0 spiro atoms. The fourth-order valence-electron chi connectivity index (χ4n) is 0.0546. The van der Waals surface area contributed by atoms with E-state index >= 15 is 0 Å². The molecule has 0 aliphatic carbocycles. The number of halogens is 1. The molecule has 0 aromatic carbocycles. The Hall–Kier alpha value is 0.886. The van der Waals surface area contributed by atoms with Crippen molar-refractivity contribution < 1.29 is 4.74 Å². The van der Waals surface area contributed by atoms with E-state index in [2.05, 4.69) is 11.8 Å². The van der Waals surface area contributed by atoms with Crippen molar-refractivity contribution in [3.8, 4) is 0 Å².